The summed E-state index contributed by atoms with van der Waals surface area (Å²) in [7, 11) is 0. The van der Waals surface area contributed by atoms with Crippen LogP contribution in [0.1, 0.15) is 64.7 Å². The molecule has 0 aromatic carbocycles. The quantitative estimate of drug-likeness (QED) is 0.306. The fourth-order valence-corrected chi connectivity index (χ4v) is 3.06. The molecule has 1 rings (SSSR count). The lowest BCUT2D eigenvalue weighted by Crippen LogP contribution is -2.27. The Morgan fingerprint density at radius 3 is 2.65 bits per heavy atom. The molecule has 26 heavy (non-hydrogen) atoms. The molecule has 4 nitrogen and oxygen atoms in total. The number of allylic oxidation sites excluding steroid dienone is 4. The highest BCUT2D eigenvalue weighted by molar-refractivity contribution is 5.95. The Hall–Kier alpha value is -1.85. The molecule has 1 saturated carbocycles. The highest BCUT2D eigenvalue weighted by atomic mass is 19.3. The predicted molar refractivity (Wildman–Crippen MR) is 95.1 cm³/mol. The van der Waals surface area contributed by atoms with E-state index >= 15 is 0 Å². The van der Waals surface area contributed by atoms with E-state index in [4.69, 9.17) is 5.11 Å². The van der Waals surface area contributed by atoms with Crippen LogP contribution in [0.4, 0.5) is 8.78 Å². The smallest absolute Gasteiger partial charge is 0.309 e. The number of carboxylic acids is 1. The minimum absolute atomic E-state index is 0.0834. The molecule has 0 bridgehead atoms. The fourth-order valence-electron chi connectivity index (χ4n) is 3.06. The minimum Gasteiger partial charge on any atom is -0.481 e. The molecule has 0 saturated heterocycles. The van der Waals surface area contributed by atoms with Gasteiger partial charge in [0.15, 0.2) is 0 Å². The van der Waals surface area contributed by atoms with Crippen LogP contribution in [0.15, 0.2) is 24.3 Å². The Morgan fingerprint density at radius 1 is 1.27 bits per heavy atom. The van der Waals surface area contributed by atoms with Crippen molar-refractivity contribution in [3.63, 3.8) is 0 Å². The van der Waals surface area contributed by atoms with Crippen molar-refractivity contribution in [1.29, 1.82) is 0 Å². The van der Waals surface area contributed by atoms with E-state index in [0.717, 1.165) is 6.08 Å². The van der Waals surface area contributed by atoms with Gasteiger partial charge in [0.05, 0.1) is 0 Å². The third-order valence-corrected chi connectivity index (χ3v) is 4.67. The minimum atomic E-state index is -3.34. The van der Waals surface area contributed by atoms with Crippen LogP contribution >= 0.6 is 0 Å². The maximum atomic E-state index is 13.7. The van der Waals surface area contributed by atoms with Gasteiger partial charge >= 0.3 is 11.9 Å². The van der Waals surface area contributed by atoms with Crippen molar-refractivity contribution >= 4 is 17.5 Å². The van der Waals surface area contributed by atoms with Gasteiger partial charge in [-0.3, -0.25) is 14.4 Å². The van der Waals surface area contributed by atoms with Crippen LogP contribution in [0.2, 0.25) is 0 Å². The maximum absolute atomic E-state index is 13.7. The standard InChI is InChI=1S/C20H28F2O4/c1-2-3-14-20(21,22)18(24)13-11-15-10-12-17(23)16(15)8-6-4-5-7-9-19(25)26/h4,6,11,13,15-16H,2-3,5,7-10,12,14H2,1H3,(H,25,26)/b6-4-,13-11+/t15-,16-/m1/s1. The molecule has 1 aliphatic rings. The van der Waals surface area contributed by atoms with Crippen LogP contribution in [0, 0.1) is 11.8 Å². The van der Waals surface area contributed by atoms with Crippen molar-refractivity contribution in [2.24, 2.45) is 11.8 Å². The first kappa shape index (κ1) is 22.2. The monoisotopic (exact) mass is 370 g/mol. The number of carbonyl (C=O) groups is 3. The maximum Gasteiger partial charge on any atom is 0.309 e. The zero-order valence-corrected chi connectivity index (χ0v) is 15.3. The molecular weight excluding hydrogens is 342 g/mol. The first-order chi connectivity index (χ1) is 12.3. The van der Waals surface area contributed by atoms with Crippen molar-refractivity contribution < 1.29 is 28.3 Å². The van der Waals surface area contributed by atoms with Crippen molar-refractivity contribution in [1.82, 2.24) is 0 Å². The molecule has 0 amide bonds. The molecule has 0 aromatic rings. The molecule has 1 aliphatic carbocycles. The lowest BCUT2D eigenvalue weighted by Gasteiger charge is -2.14. The molecule has 6 heteroatoms. The van der Waals surface area contributed by atoms with E-state index in [1.807, 2.05) is 12.2 Å². The Morgan fingerprint density at radius 2 is 2.00 bits per heavy atom. The number of alkyl halides is 2. The first-order valence-electron chi connectivity index (χ1n) is 9.28. The van der Waals surface area contributed by atoms with Gasteiger partial charge < -0.3 is 5.11 Å². The van der Waals surface area contributed by atoms with E-state index in [9.17, 15) is 23.2 Å². The molecule has 146 valence electrons. The molecule has 1 fully saturated rings. The highest BCUT2D eigenvalue weighted by Crippen LogP contribution is 2.33. The molecule has 2 atom stereocenters. The second kappa shape index (κ2) is 11.0. The molecule has 0 aromatic heterocycles. The van der Waals surface area contributed by atoms with E-state index in [1.54, 1.807) is 6.92 Å². The number of rotatable bonds is 12. The number of Topliss-reactive ketones (excluding diaryl/α,β-unsaturated/α-hetero) is 1. The van der Waals surface area contributed by atoms with Gasteiger partial charge in [-0.1, -0.05) is 31.6 Å². The SMILES string of the molecule is CCCCC(F)(F)C(=O)/C=C/[C@H]1CCC(=O)[C@@H]1C/C=C\CCCC(=O)O. The molecule has 1 N–H and O–H groups in total. The average molecular weight is 370 g/mol. The number of carbonyl (C=O) groups excluding carboxylic acids is 2. The molecular formula is C20H28F2O4. The van der Waals surface area contributed by atoms with Crippen LogP contribution in [-0.4, -0.2) is 28.6 Å². The summed E-state index contributed by atoms with van der Waals surface area (Å²) in [5.74, 6) is -5.77. The second-order valence-corrected chi connectivity index (χ2v) is 6.80. The summed E-state index contributed by atoms with van der Waals surface area (Å²) in [4.78, 5) is 34.1. The average Bonchev–Trinajstić information content (AvgIpc) is 2.93. The van der Waals surface area contributed by atoms with E-state index < -0.39 is 24.1 Å². The summed E-state index contributed by atoms with van der Waals surface area (Å²) < 4.78 is 27.4. The van der Waals surface area contributed by atoms with Gasteiger partial charge in [-0.05, 0) is 44.1 Å². The number of hydrogen-bond donors (Lipinski definition) is 1. The summed E-state index contributed by atoms with van der Waals surface area (Å²) in [6, 6.07) is 0. The lowest BCUT2D eigenvalue weighted by atomic mass is 9.91. The van der Waals surface area contributed by atoms with E-state index in [-0.39, 0.29) is 24.0 Å². The summed E-state index contributed by atoms with van der Waals surface area (Å²) >= 11 is 0. The van der Waals surface area contributed by atoms with Gasteiger partial charge in [-0.25, -0.2) is 0 Å². The predicted octanol–water partition coefficient (Wildman–Crippen LogP) is 4.73. The van der Waals surface area contributed by atoms with Crippen LogP contribution in [0.5, 0.6) is 0 Å². The zero-order valence-electron chi connectivity index (χ0n) is 15.3. The Kier molecular flexibility index (Phi) is 9.38. The number of unbranched alkanes of at least 4 members (excludes halogenated alkanes) is 2. The van der Waals surface area contributed by atoms with Gasteiger partial charge in [-0.2, -0.15) is 8.78 Å². The van der Waals surface area contributed by atoms with Crippen molar-refractivity contribution in [2.75, 3.05) is 0 Å². The summed E-state index contributed by atoms with van der Waals surface area (Å²) in [6.45, 7) is 1.79. The topological polar surface area (TPSA) is 71.4 Å². The Balaban J connectivity index is 2.54. The zero-order chi connectivity index (χ0) is 19.6. The van der Waals surface area contributed by atoms with E-state index in [1.165, 1.54) is 6.08 Å². The van der Waals surface area contributed by atoms with Crippen LogP contribution in [0.3, 0.4) is 0 Å². The third kappa shape index (κ3) is 7.58. The van der Waals surface area contributed by atoms with E-state index in [0.29, 0.717) is 44.9 Å². The van der Waals surface area contributed by atoms with Gasteiger partial charge in [0.25, 0.3) is 0 Å². The van der Waals surface area contributed by atoms with Gasteiger partial charge in [0, 0.05) is 25.2 Å². The van der Waals surface area contributed by atoms with Crippen LogP contribution < -0.4 is 0 Å². The second-order valence-electron chi connectivity index (χ2n) is 6.80. The number of carboxylic acid groups (broad SMARTS) is 1. The summed E-state index contributed by atoms with van der Waals surface area (Å²) in [5.41, 5.74) is 0. The summed E-state index contributed by atoms with van der Waals surface area (Å²) in [5, 5.41) is 8.56. The third-order valence-electron chi connectivity index (χ3n) is 4.67. The van der Waals surface area contributed by atoms with Gasteiger partial charge in [-0.15, -0.1) is 0 Å². The number of aliphatic carboxylic acids is 1. The fraction of sp³-hybridized carbons (Fsp3) is 0.650. The number of halogens is 2. The first-order valence-corrected chi connectivity index (χ1v) is 9.28. The Labute approximate surface area is 153 Å². The molecule has 0 radical (unpaired) electrons. The molecule has 0 aliphatic heterocycles. The summed E-state index contributed by atoms with van der Waals surface area (Å²) in [6.07, 6.45) is 9.27. The molecule has 0 spiro atoms. The van der Waals surface area contributed by atoms with Crippen molar-refractivity contribution in [3.05, 3.63) is 24.3 Å². The van der Waals surface area contributed by atoms with Crippen molar-refractivity contribution in [3.8, 4) is 0 Å². The largest absolute Gasteiger partial charge is 0.481 e. The van der Waals surface area contributed by atoms with Gasteiger partial charge in [0.1, 0.15) is 5.78 Å². The van der Waals surface area contributed by atoms with Gasteiger partial charge in [0.2, 0.25) is 5.78 Å². The highest BCUT2D eigenvalue weighted by Gasteiger charge is 2.37. The number of hydrogen-bond acceptors (Lipinski definition) is 3. The molecule has 0 unspecified atom stereocenters. The lowest BCUT2D eigenvalue weighted by molar-refractivity contribution is -0.138. The normalized spacial score (nSPS) is 21.1. The molecule has 0 heterocycles. The van der Waals surface area contributed by atoms with Crippen LogP contribution in [-0.2, 0) is 14.4 Å². The number of ketones is 2. The van der Waals surface area contributed by atoms with Crippen LogP contribution in [0.25, 0.3) is 0 Å². The van der Waals surface area contributed by atoms with E-state index in [2.05, 4.69) is 0 Å². The van der Waals surface area contributed by atoms with Crippen molar-refractivity contribution in [2.45, 2.75) is 70.6 Å². The Bertz CT molecular complexity index is 552.